The Morgan fingerprint density at radius 3 is 2.91 bits per heavy atom. The third-order valence-corrected chi connectivity index (χ3v) is 2.18. The molecule has 11 heavy (non-hydrogen) atoms. The highest BCUT2D eigenvalue weighted by Crippen LogP contribution is 2.24. The van der Waals surface area contributed by atoms with Crippen LogP contribution in [0, 0.1) is 11.8 Å². The van der Waals surface area contributed by atoms with Crippen molar-refractivity contribution in [3.63, 3.8) is 0 Å². The van der Waals surface area contributed by atoms with Crippen LogP contribution in [-0.2, 0) is 9.53 Å². The van der Waals surface area contributed by atoms with E-state index in [1.54, 1.807) is 0 Å². The predicted octanol–water partition coefficient (Wildman–Crippen LogP) is 1.13. The summed E-state index contributed by atoms with van der Waals surface area (Å²) in [4.78, 5) is 10.6. The molecule has 2 unspecified atom stereocenters. The molecule has 0 aromatic carbocycles. The molecule has 64 valence electrons. The molecule has 0 aromatic heterocycles. The second-order valence-corrected chi connectivity index (χ2v) is 3.03. The average molecular weight is 158 g/mol. The number of hydrogen-bond donors (Lipinski definition) is 1. The highest BCUT2D eigenvalue weighted by Gasteiger charge is 2.32. The maximum Gasteiger partial charge on any atom is 0.309 e. The molecule has 0 amide bonds. The van der Waals surface area contributed by atoms with Crippen molar-refractivity contribution in [3.05, 3.63) is 0 Å². The van der Waals surface area contributed by atoms with Crippen LogP contribution in [0.5, 0.6) is 0 Å². The maximum atomic E-state index is 10.6. The lowest BCUT2D eigenvalue weighted by Gasteiger charge is -2.10. The second kappa shape index (κ2) is 3.72. The van der Waals surface area contributed by atoms with Gasteiger partial charge in [-0.25, -0.2) is 0 Å². The molecular weight excluding hydrogens is 144 g/mol. The van der Waals surface area contributed by atoms with E-state index in [4.69, 9.17) is 9.84 Å². The van der Waals surface area contributed by atoms with Gasteiger partial charge in [0.15, 0.2) is 0 Å². The fraction of sp³-hybridized carbons (Fsp3) is 0.875. The maximum absolute atomic E-state index is 10.6. The Morgan fingerprint density at radius 1 is 1.64 bits per heavy atom. The van der Waals surface area contributed by atoms with Crippen LogP contribution in [0.15, 0.2) is 0 Å². The van der Waals surface area contributed by atoms with Crippen molar-refractivity contribution in [3.8, 4) is 0 Å². The molecule has 0 radical (unpaired) electrons. The Kier molecular flexibility index (Phi) is 2.88. The van der Waals surface area contributed by atoms with Gasteiger partial charge in [-0.2, -0.15) is 0 Å². The molecule has 1 fully saturated rings. The average Bonchev–Trinajstić information content (AvgIpc) is 2.36. The van der Waals surface area contributed by atoms with Gasteiger partial charge < -0.3 is 9.84 Å². The van der Waals surface area contributed by atoms with E-state index in [2.05, 4.69) is 6.92 Å². The summed E-state index contributed by atoms with van der Waals surface area (Å²) in [5.41, 5.74) is 0. The van der Waals surface area contributed by atoms with Crippen molar-refractivity contribution in [1.29, 1.82) is 0 Å². The lowest BCUT2D eigenvalue weighted by Crippen LogP contribution is -2.21. The van der Waals surface area contributed by atoms with Crippen molar-refractivity contribution in [2.45, 2.75) is 19.8 Å². The quantitative estimate of drug-likeness (QED) is 0.669. The number of carboxylic acids is 1. The standard InChI is InChI=1S/C8H14O3/c1-2-3-6-4-11-5-7(6)8(9)10/h6-7H,2-5H2,1H3,(H,9,10). The van der Waals surface area contributed by atoms with E-state index >= 15 is 0 Å². The third kappa shape index (κ3) is 1.93. The largest absolute Gasteiger partial charge is 0.481 e. The zero-order valence-electron chi connectivity index (χ0n) is 6.75. The molecule has 1 aliphatic heterocycles. The Morgan fingerprint density at radius 2 is 2.36 bits per heavy atom. The summed E-state index contributed by atoms with van der Waals surface area (Å²) >= 11 is 0. The SMILES string of the molecule is CCCC1COCC1C(=O)O. The van der Waals surface area contributed by atoms with Gasteiger partial charge >= 0.3 is 5.97 Å². The van der Waals surface area contributed by atoms with Gasteiger partial charge in [0.05, 0.1) is 19.1 Å². The molecule has 0 aromatic rings. The van der Waals surface area contributed by atoms with Crippen molar-refractivity contribution in [2.75, 3.05) is 13.2 Å². The molecule has 3 nitrogen and oxygen atoms in total. The van der Waals surface area contributed by atoms with E-state index in [-0.39, 0.29) is 11.8 Å². The summed E-state index contributed by atoms with van der Waals surface area (Å²) in [6.45, 7) is 3.10. The van der Waals surface area contributed by atoms with Gasteiger partial charge in [-0.1, -0.05) is 13.3 Å². The highest BCUT2D eigenvalue weighted by molar-refractivity contribution is 5.70. The minimum atomic E-state index is -0.707. The summed E-state index contributed by atoms with van der Waals surface area (Å²) in [6, 6.07) is 0. The van der Waals surface area contributed by atoms with E-state index in [1.807, 2.05) is 0 Å². The molecular formula is C8H14O3. The normalized spacial score (nSPS) is 30.6. The van der Waals surface area contributed by atoms with Gasteiger partial charge in [-0.15, -0.1) is 0 Å². The molecule has 1 saturated heterocycles. The van der Waals surface area contributed by atoms with Crippen molar-refractivity contribution < 1.29 is 14.6 Å². The van der Waals surface area contributed by atoms with Gasteiger partial charge in [-0.05, 0) is 12.3 Å². The van der Waals surface area contributed by atoms with Gasteiger partial charge in [0, 0.05) is 0 Å². The molecule has 3 heteroatoms. The van der Waals surface area contributed by atoms with Crippen LogP contribution < -0.4 is 0 Å². The van der Waals surface area contributed by atoms with Gasteiger partial charge in [0.1, 0.15) is 0 Å². The zero-order chi connectivity index (χ0) is 8.27. The summed E-state index contributed by atoms with van der Waals surface area (Å²) in [5, 5.41) is 8.73. The van der Waals surface area contributed by atoms with Gasteiger partial charge in [0.25, 0.3) is 0 Å². The van der Waals surface area contributed by atoms with Crippen LogP contribution in [0.3, 0.4) is 0 Å². The van der Waals surface area contributed by atoms with Crippen molar-refractivity contribution in [2.24, 2.45) is 11.8 Å². The molecule has 0 saturated carbocycles. The van der Waals surface area contributed by atoms with E-state index in [9.17, 15) is 4.79 Å². The lowest BCUT2D eigenvalue weighted by molar-refractivity contribution is -0.142. The fourth-order valence-electron chi connectivity index (χ4n) is 1.53. The van der Waals surface area contributed by atoms with Crippen LogP contribution in [0.2, 0.25) is 0 Å². The van der Waals surface area contributed by atoms with E-state index in [0.29, 0.717) is 13.2 Å². The smallest absolute Gasteiger partial charge is 0.309 e. The molecule has 1 heterocycles. The molecule has 0 bridgehead atoms. The Bertz CT molecular complexity index is 144. The first-order chi connectivity index (χ1) is 5.25. The number of carbonyl (C=O) groups is 1. The van der Waals surface area contributed by atoms with Crippen LogP contribution in [0.1, 0.15) is 19.8 Å². The van der Waals surface area contributed by atoms with Crippen LogP contribution in [-0.4, -0.2) is 24.3 Å². The van der Waals surface area contributed by atoms with Crippen LogP contribution in [0.25, 0.3) is 0 Å². The number of aliphatic carboxylic acids is 1. The molecule has 2 atom stereocenters. The number of ether oxygens (including phenoxy) is 1. The summed E-state index contributed by atoms with van der Waals surface area (Å²) < 4.78 is 5.10. The first-order valence-corrected chi connectivity index (χ1v) is 4.06. The van der Waals surface area contributed by atoms with E-state index < -0.39 is 5.97 Å². The topological polar surface area (TPSA) is 46.5 Å². The molecule has 0 spiro atoms. The zero-order valence-corrected chi connectivity index (χ0v) is 6.75. The minimum Gasteiger partial charge on any atom is -0.481 e. The third-order valence-electron chi connectivity index (χ3n) is 2.18. The summed E-state index contributed by atoms with van der Waals surface area (Å²) in [5.74, 6) is -0.714. The predicted molar refractivity (Wildman–Crippen MR) is 40.3 cm³/mol. The van der Waals surface area contributed by atoms with E-state index in [1.165, 1.54) is 0 Å². The van der Waals surface area contributed by atoms with Gasteiger partial charge in [-0.3, -0.25) is 4.79 Å². The molecule has 1 N–H and O–H groups in total. The Hall–Kier alpha value is -0.570. The lowest BCUT2D eigenvalue weighted by atomic mass is 9.92. The fourth-order valence-corrected chi connectivity index (χ4v) is 1.53. The number of hydrogen-bond acceptors (Lipinski definition) is 2. The highest BCUT2D eigenvalue weighted by atomic mass is 16.5. The Balaban J connectivity index is 2.44. The second-order valence-electron chi connectivity index (χ2n) is 3.03. The number of carboxylic acid groups (broad SMARTS) is 1. The van der Waals surface area contributed by atoms with Crippen molar-refractivity contribution >= 4 is 5.97 Å². The van der Waals surface area contributed by atoms with E-state index in [0.717, 1.165) is 12.8 Å². The first kappa shape index (κ1) is 8.53. The Labute approximate surface area is 66.4 Å². The van der Waals surface area contributed by atoms with Crippen LogP contribution in [0.4, 0.5) is 0 Å². The molecule has 1 aliphatic rings. The van der Waals surface area contributed by atoms with Crippen molar-refractivity contribution in [1.82, 2.24) is 0 Å². The monoisotopic (exact) mass is 158 g/mol. The number of rotatable bonds is 3. The van der Waals surface area contributed by atoms with Crippen LogP contribution >= 0.6 is 0 Å². The minimum absolute atomic E-state index is 0.248. The summed E-state index contributed by atoms with van der Waals surface area (Å²) in [6.07, 6.45) is 2.01. The first-order valence-electron chi connectivity index (χ1n) is 4.06. The van der Waals surface area contributed by atoms with Gasteiger partial charge in [0.2, 0.25) is 0 Å². The molecule has 0 aliphatic carbocycles. The summed E-state index contributed by atoms with van der Waals surface area (Å²) in [7, 11) is 0. The molecule has 1 rings (SSSR count).